The molecule has 4 heterocycles. The third-order valence-electron chi connectivity index (χ3n) is 10.1. The van der Waals surface area contributed by atoms with Crippen LogP contribution in [0.2, 0.25) is 0 Å². The van der Waals surface area contributed by atoms with Crippen molar-refractivity contribution in [1.29, 1.82) is 0 Å². The lowest BCUT2D eigenvalue weighted by atomic mass is 10.0. The Balaban J connectivity index is 1.10. The average Bonchev–Trinajstić information content (AvgIpc) is 3.86. The largest absolute Gasteiger partial charge is 0.489 e. The highest BCUT2D eigenvalue weighted by Crippen LogP contribution is 2.44. The standard InChI is InChI=1S/C40H51N9O10/c1-5-17-48-30-33(46-39(42)47-36(30)54)49(40(48)55)37-32-31(28(19-50)57-37)58-38(59-32)24-9-8-10-26(18-24)56-20-23-12-14-25(15-13-23)44-34(52)27(11-6-7-16-41)45-35(53)29(21(2)3)43-22(4)51/h5,8-10,12-15,18,21,27-29,31-32,37-38,50H,1,6-7,11,16-17,19-20,41H2,2-4H3,(H,43,51)(H,44,52)(H,45,53)(H3,42,46,47,54)/t27-,28?,29-,31+,32+,37+,38?/m0/s1. The Kier molecular flexibility index (Phi) is 13.6. The van der Waals surface area contributed by atoms with E-state index in [1.54, 1.807) is 48.5 Å². The zero-order valence-electron chi connectivity index (χ0n) is 33.1. The van der Waals surface area contributed by atoms with E-state index in [9.17, 15) is 29.1 Å². The summed E-state index contributed by atoms with van der Waals surface area (Å²) in [6.45, 7) is 8.87. The highest BCUT2D eigenvalue weighted by Gasteiger charge is 2.54. The monoisotopic (exact) mass is 817 g/mol. The van der Waals surface area contributed by atoms with Crippen molar-refractivity contribution in [2.45, 2.75) is 96.1 Å². The van der Waals surface area contributed by atoms with Crippen molar-refractivity contribution in [1.82, 2.24) is 29.7 Å². The number of benzene rings is 2. The van der Waals surface area contributed by atoms with Gasteiger partial charge in [-0.15, -0.1) is 6.58 Å². The molecular weight excluding hydrogens is 766 g/mol. The number of carbonyl (C=O) groups is 3. The van der Waals surface area contributed by atoms with Gasteiger partial charge < -0.3 is 51.5 Å². The van der Waals surface area contributed by atoms with Gasteiger partial charge in [-0.05, 0) is 61.6 Å². The van der Waals surface area contributed by atoms with E-state index in [0.29, 0.717) is 42.8 Å². The Bertz CT molecular complexity index is 2270. The van der Waals surface area contributed by atoms with Gasteiger partial charge >= 0.3 is 5.69 Å². The first-order valence-corrected chi connectivity index (χ1v) is 19.4. The number of hydrogen-bond acceptors (Lipinski definition) is 13. The van der Waals surface area contributed by atoms with E-state index in [1.807, 2.05) is 13.8 Å². The SMILES string of the molecule is C=CCn1c(=O)n([C@@H]2OC(CO)[C@H]3OC(c4cccc(OCc5ccc(NC(=O)[C@H](CCCCN)NC(=O)[C@@H](NC(C)=O)C(C)C)cc5)c4)O[C@H]32)c2nc(N)[nH]c(=O)c21. The number of aromatic nitrogens is 4. The first kappa shape index (κ1) is 42.7. The van der Waals surface area contributed by atoms with Gasteiger partial charge in [0.05, 0.1) is 6.61 Å². The second-order valence-corrected chi connectivity index (χ2v) is 14.8. The maximum absolute atomic E-state index is 13.7. The van der Waals surface area contributed by atoms with Gasteiger partial charge in [-0.25, -0.2) is 9.36 Å². The zero-order chi connectivity index (χ0) is 42.4. The third kappa shape index (κ3) is 9.55. The molecule has 2 aromatic carbocycles. The number of aliphatic hydroxyl groups excluding tert-OH is 1. The third-order valence-corrected chi connectivity index (χ3v) is 10.1. The fraction of sp³-hybridized carbons (Fsp3) is 0.450. The molecule has 7 atom stereocenters. The van der Waals surface area contributed by atoms with Gasteiger partial charge in [-0.2, -0.15) is 4.98 Å². The van der Waals surface area contributed by atoms with Crippen LogP contribution in [-0.2, 0) is 41.7 Å². The Labute approximate surface area is 339 Å². The molecule has 9 N–H and O–H groups in total. The second-order valence-electron chi connectivity index (χ2n) is 14.8. The van der Waals surface area contributed by atoms with Crippen molar-refractivity contribution in [3.63, 3.8) is 0 Å². The van der Waals surface area contributed by atoms with Crippen LogP contribution in [0.1, 0.15) is 63.7 Å². The van der Waals surface area contributed by atoms with Crippen LogP contribution in [0.5, 0.6) is 5.75 Å². The molecule has 2 aromatic heterocycles. The number of nitrogens with zero attached hydrogens (tertiary/aromatic N) is 3. The van der Waals surface area contributed by atoms with Crippen LogP contribution >= 0.6 is 0 Å². The Morgan fingerprint density at radius 3 is 2.47 bits per heavy atom. The number of rotatable bonds is 18. The van der Waals surface area contributed by atoms with Crippen LogP contribution in [0.4, 0.5) is 11.6 Å². The number of carbonyl (C=O) groups excluding carboxylic acids is 3. The minimum atomic E-state index is -1.11. The topological polar surface area (TPSA) is 269 Å². The lowest BCUT2D eigenvalue weighted by Crippen LogP contribution is -2.54. The number of nitrogens with two attached hydrogens (primary N) is 2. The van der Waals surface area contributed by atoms with Gasteiger partial charge in [0.1, 0.15) is 42.8 Å². The molecular formula is C40H51N9O10. The molecule has 0 aliphatic carbocycles. The molecule has 2 unspecified atom stereocenters. The number of imidazole rings is 1. The summed E-state index contributed by atoms with van der Waals surface area (Å²) in [5, 5.41) is 18.5. The fourth-order valence-corrected chi connectivity index (χ4v) is 7.18. The molecule has 4 aromatic rings. The van der Waals surface area contributed by atoms with E-state index < -0.39 is 72.6 Å². The molecule has 0 bridgehead atoms. The molecule has 316 valence electrons. The van der Waals surface area contributed by atoms with Crippen molar-refractivity contribution < 1.29 is 38.4 Å². The number of allylic oxidation sites excluding steroid dienone is 1. The number of H-pyrrole nitrogens is 1. The molecule has 2 saturated heterocycles. The maximum atomic E-state index is 13.7. The minimum Gasteiger partial charge on any atom is -0.489 e. The first-order valence-electron chi connectivity index (χ1n) is 19.4. The number of aromatic amines is 1. The summed E-state index contributed by atoms with van der Waals surface area (Å²) in [7, 11) is 0. The van der Waals surface area contributed by atoms with Crippen LogP contribution in [-0.4, -0.2) is 85.5 Å². The summed E-state index contributed by atoms with van der Waals surface area (Å²) in [6, 6.07) is 12.5. The minimum absolute atomic E-state index is 0.00987. The van der Waals surface area contributed by atoms with Crippen molar-refractivity contribution in [2.75, 3.05) is 24.2 Å². The molecule has 19 heteroatoms. The molecule has 3 amide bonds. The quantitative estimate of drug-likeness (QED) is 0.0553. The second kappa shape index (κ2) is 18.8. The molecule has 2 aliphatic rings. The number of anilines is 2. The van der Waals surface area contributed by atoms with Gasteiger partial charge in [0.25, 0.3) is 5.56 Å². The van der Waals surface area contributed by atoms with Crippen molar-refractivity contribution in [3.8, 4) is 5.75 Å². The maximum Gasteiger partial charge on any atom is 0.333 e. The molecule has 0 spiro atoms. The Morgan fingerprint density at radius 2 is 1.80 bits per heavy atom. The van der Waals surface area contributed by atoms with E-state index in [1.165, 1.54) is 22.1 Å². The number of fused-ring (bicyclic) bond motifs is 2. The van der Waals surface area contributed by atoms with Crippen LogP contribution in [0.3, 0.4) is 0 Å². The molecule has 19 nitrogen and oxygen atoms in total. The molecule has 2 aliphatic heterocycles. The molecule has 59 heavy (non-hydrogen) atoms. The van der Waals surface area contributed by atoms with E-state index in [-0.39, 0.29) is 42.1 Å². The number of hydrogen-bond donors (Lipinski definition) is 7. The fourth-order valence-electron chi connectivity index (χ4n) is 7.18. The van der Waals surface area contributed by atoms with Crippen LogP contribution in [0.25, 0.3) is 11.2 Å². The predicted molar refractivity (Wildman–Crippen MR) is 216 cm³/mol. The van der Waals surface area contributed by atoms with Gasteiger partial charge in [0.15, 0.2) is 23.7 Å². The Morgan fingerprint density at radius 1 is 1.05 bits per heavy atom. The number of amides is 3. The molecule has 0 radical (unpaired) electrons. The lowest BCUT2D eigenvalue weighted by molar-refractivity contribution is -0.154. The zero-order valence-corrected chi connectivity index (χ0v) is 33.1. The summed E-state index contributed by atoms with van der Waals surface area (Å²) in [4.78, 5) is 71.3. The normalized spacial score (nSPS) is 20.9. The van der Waals surface area contributed by atoms with Crippen LogP contribution in [0, 0.1) is 5.92 Å². The number of unbranched alkanes of at least 4 members (excludes halogenated alkanes) is 1. The van der Waals surface area contributed by atoms with Gasteiger partial charge in [0.2, 0.25) is 23.7 Å². The van der Waals surface area contributed by atoms with Crippen LogP contribution < -0.4 is 43.4 Å². The molecule has 0 saturated carbocycles. The summed E-state index contributed by atoms with van der Waals surface area (Å²) >= 11 is 0. The van der Waals surface area contributed by atoms with Gasteiger partial charge in [-0.1, -0.05) is 44.2 Å². The summed E-state index contributed by atoms with van der Waals surface area (Å²) in [5.41, 5.74) is 12.2. The van der Waals surface area contributed by atoms with Gasteiger partial charge in [0, 0.05) is 24.7 Å². The smallest absolute Gasteiger partial charge is 0.333 e. The van der Waals surface area contributed by atoms with Crippen molar-refractivity contribution in [2.24, 2.45) is 11.7 Å². The molecule has 6 rings (SSSR count). The summed E-state index contributed by atoms with van der Waals surface area (Å²) in [6.07, 6.45) is -1.39. The Hall–Kier alpha value is -5.86. The van der Waals surface area contributed by atoms with Crippen molar-refractivity contribution >= 4 is 40.5 Å². The highest BCUT2D eigenvalue weighted by atomic mass is 16.8. The number of nitrogens with one attached hydrogen (secondary N) is 4. The lowest BCUT2D eigenvalue weighted by Gasteiger charge is -2.25. The molecule has 2 fully saturated rings. The highest BCUT2D eigenvalue weighted by molar-refractivity contribution is 5.98. The van der Waals surface area contributed by atoms with E-state index in [0.717, 1.165) is 5.56 Å². The summed E-state index contributed by atoms with van der Waals surface area (Å²) < 4.78 is 27.2. The average molecular weight is 818 g/mol. The number of aliphatic hydroxyl groups is 1. The number of nitrogen functional groups attached to an aromatic ring is 1. The van der Waals surface area contributed by atoms with E-state index in [4.69, 9.17) is 30.4 Å². The first-order chi connectivity index (χ1) is 28.3. The van der Waals surface area contributed by atoms with E-state index >= 15 is 0 Å². The van der Waals surface area contributed by atoms with Crippen molar-refractivity contribution in [3.05, 3.63) is 93.2 Å². The summed E-state index contributed by atoms with van der Waals surface area (Å²) in [5.74, 6) is -1.05. The van der Waals surface area contributed by atoms with E-state index in [2.05, 4.69) is 32.5 Å². The number of ether oxygens (including phenoxy) is 4. The van der Waals surface area contributed by atoms with Crippen LogP contribution in [0.15, 0.2) is 70.8 Å². The van der Waals surface area contributed by atoms with Gasteiger partial charge in [-0.3, -0.25) is 28.7 Å². The predicted octanol–water partition coefficient (Wildman–Crippen LogP) is 1.32.